The first-order chi connectivity index (χ1) is 38.4. The molecule has 0 saturated heterocycles. The second-order valence-corrected chi connectivity index (χ2v) is 26.8. The highest BCUT2D eigenvalue weighted by Crippen LogP contribution is 2.34. The van der Waals surface area contributed by atoms with E-state index >= 15 is 0 Å². The van der Waals surface area contributed by atoms with Crippen LogP contribution in [0.25, 0.3) is 45.0 Å². The van der Waals surface area contributed by atoms with Crippen LogP contribution in [0.5, 0.6) is 5.75 Å². The molecule has 0 radical (unpaired) electrons. The highest BCUT2D eigenvalue weighted by Gasteiger charge is 2.31. The number of phenols is 1. The standard InChI is InChI=1S/C34H37FN2O3S.C33H35FN2O4S/c1-21-8-13-26(27(35)16-21)25-19-36-31(37-20-25)23-11-9-22(10-12-23)17-24(32(39)40-34(5,6)7)18-28(38)29-14-15-30(41-29)33(2,3)4;1-32(2,3)29-14-13-28(41-29)27(38)16-22(31(39)40-33(4,5)6)15-20-7-9-21(10-8-20)30-35-18-23(19-36-30)25-12-11-24(37)17-26(25)34/h8-16,19-20,24H,17-18H2,1-7H3;7-14,17-19,22,37H,15-16H2,1-6H3/t24-;22-/m11/s1. The van der Waals surface area contributed by atoms with Crippen molar-refractivity contribution in [2.75, 3.05) is 0 Å². The molecule has 82 heavy (non-hydrogen) atoms. The lowest BCUT2D eigenvalue weighted by Gasteiger charge is -2.24. The van der Waals surface area contributed by atoms with Crippen molar-refractivity contribution in [1.29, 1.82) is 0 Å². The van der Waals surface area contributed by atoms with E-state index in [-0.39, 0.29) is 52.8 Å². The van der Waals surface area contributed by atoms with Gasteiger partial charge in [0.25, 0.3) is 0 Å². The molecule has 2 atom stereocenters. The Hall–Kier alpha value is -7.62. The second kappa shape index (κ2) is 25.7. The first-order valence-electron chi connectivity index (χ1n) is 27.2. The summed E-state index contributed by atoms with van der Waals surface area (Å²) in [6.07, 6.45) is 7.13. The summed E-state index contributed by atoms with van der Waals surface area (Å²) in [5.74, 6) is -2.21. The maximum absolute atomic E-state index is 14.4. The number of nitrogens with zero attached hydrogens (tertiary/aromatic N) is 4. The number of ether oxygens (including phenoxy) is 2. The summed E-state index contributed by atoms with van der Waals surface area (Å²) >= 11 is 2.96. The minimum Gasteiger partial charge on any atom is -0.508 e. The summed E-state index contributed by atoms with van der Waals surface area (Å²) < 4.78 is 39.9. The number of benzene rings is 4. The zero-order chi connectivity index (χ0) is 59.9. The van der Waals surface area contributed by atoms with Crippen LogP contribution in [-0.2, 0) is 42.7 Å². The van der Waals surface area contributed by atoms with Gasteiger partial charge in [-0.3, -0.25) is 19.2 Å². The van der Waals surface area contributed by atoms with Gasteiger partial charge in [-0.2, -0.15) is 0 Å². The molecular weight excluding hydrogens is 1070 g/mol. The van der Waals surface area contributed by atoms with Crippen molar-refractivity contribution < 1.29 is 42.5 Å². The van der Waals surface area contributed by atoms with Gasteiger partial charge in [0.15, 0.2) is 23.2 Å². The van der Waals surface area contributed by atoms with Gasteiger partial charge in [-0.1, -0.05) is 102 Å². The average molecular weight is 1150 g/mol. The maximum Gasteiger partial charge on any atom is 0.310 e. The normalized spacial score (nSPS) is 12.7. The van der Waals surface area contributed by atoms with Crippen molar-refractivity contribution >= 4 is 46.2 Å². The molecule has 4 aromatic heterocycles. The molecule has 15 heteroatoms. The molecule has 0 bridgehead atoms. The van der Waals surface area contributed by atoms with Crippen LogP contribution in [0.1, 0.15) is 142 Å². The van der Waals surface area contributed by atoms with Gasteiger partial charge in [-0.25, -0.2) is 28.7 Å². The molecule has 0 aliphatic rings. The number of hydrogen-bond acceptors (Lipinski definition) is 13. The third-order valence-corrected chi connectivity index (χ3v) is 16.1. The number of hydrogen-bond donors (Lipinski definition) is 1. The molecule has 8 aromatic rings. The summed E-state index contributed by atoms with van der Waals surface area (Å²) in [4.78, 5) is 73.9. The van der Waals surface area contributed by atoms with E-state index in [0.717, 1.165) is 43.6 Å². The molecule has 4 aromatic carbocycles. The minimum absolute atomic E-state index is 0.0452. The van der Waals surface area contributed by atoms with E-state index < -0.39 is 34.8 Å². The Morgan fingerprint density at radius 2 is 0.854 bits per heavy atom. The number of carbonyl (C=O) groups is 4. The number of halogens is 2. The second-order valence-electron chi connectivity index (χ2n) is 24.6. The highest BCUT2D eigenvalue weighted by atomic mass is 32.1. The maximum atomic E-state index is 14.4. The van der Waals surface area contributed by atoms with E-state index in [1.54, 1.807) is 18.5 Å². The summed E-state index contributed by atoms with van der Waals surface area (Å²) in [6, 6.07) is 31.8. The molecule has 0 aliphatic carbocycles. The number of aryl methyl sites for hydroxylation is 1. The van der Waals surface area contributed by atoms with Crippen molar-refractivity contribution in [2.45, 2.75) is 138 Å². The number of thiophene rings is 2. The van der Waals surface area contributed by atoms with Crippen LogP contribution < -0.4 is 0 Å². The highest BCUT2D eigenvalue weighted by molar-refractivity contribution is 7.14. The van der Waals surface area contributed by atoms with E-state index in [0.29, 0.717) is 56.5 Å². The molecule has 0 unspecified atom stereocenters. The van der Waals surface area contributed by atoms with Gasteiger partial charge in [-0.05, 0) is 131 Å². The summed E-state index contributed by atoms with van der Waals surface area (Å²) in [6.45, 7) is 25.4. The Kier molecular flexibility index (Phi) is 19.4. The molecule has 1 N–H and O–H groups in total. The topological polar surface area (TPSA) is 159 Å². The number of carbonyl (C=O) groups excluding carboxylic acids is 4. The lowest BCUT2D eigenvalue weighted by Crippen LogP contribution is -2.31. The Balaban J connectivity index is 0.000000236. The fourth-order valence-corrected chi connectivity index (χ4v) is 10.7. The smallest absolute Gasteiger partial charge is 0.310 e. The zero-order valence-electron chi connectivity index (χ0n) is 48.9. The zero-order valence-corrected chi connectivity index (χ0v) is 50.6. The number of ketones is 2. The quantitative estimate of drug-likeness (QED) is 0.0725. The van der Waals surface area contributed by atoms with Crippen molar-refractivity contribution in [3.8, 4) is 50.8 Å². The van der Waals surface area contributed by atoms with Crippen LogP contribution in [0.4, 0.5) is 8.78 Å². The molecule has 0 spiro atoms. The molecule has 0 fully saturated rings. The van der Waals surface area contributed by atoms with Crippen LogP contribution >= 0.6 is 22.7 Å². The molecule has 428 valence electrons. The average Bonchev–Trinajstić information content (AvgIpc) is 4.20. The molecule has 11 nitrogen and oxygen atoms in total. The Morgan fingerprint density at radius 1 is 0.488 bits per heavy atom. The summed E-state index contributed by atoms with van der Waals surface area (Å²) in [7, 11) is 0. The summed E-state index contributed by atoms with van der Waals surface area (Å²) in [5.41, 5.74) is 4.60. The minimum atomic E-state index is -0.670. The van der Waals surface area contributed by atoms with E-state index in [9.17, 15) is 33.1 Å². The van der Waals surface area contributed by atoms with Crippen LogP contribution in [0.3, 0.4) is 0 Å². The number of esters is 2. The third kappa shape index (κ3) is 17.2. The monoisotopic (exact) mass is 1150 g/mol. The molecular formula is C67H72F2N4O7S2. The van der Waals surface area contributed by atoms with E-state index in [2.05, 4.69) is 61.5 Å². The Morgan fingerprint density at radius 3 is 1.18 bits per heavy atom. The predicted octanol–water partition coefficient (Wildman–Crippen LogP) is 16.2. The van der Waals surface area contributed by atoms with Gasteiger partial charge in [0, 0.05) is 86.8 Å². The van der Waals surface area contributed by atoms with Crippen LogP contribution in [0.15, 0.2) is 134 Å². The Labute approximate surface area is 488 Å². The number of aromatic nitrogens is 4. The third-order valence-electron chi connectivity index (χ3n) is 13.0. The fourth-order valence-electron chi connectivity index (χ4n) is 8.65. The van der Waals surface area contributed by atoms with Gasteiger partial charge < -0.3 is 14.6 Å². The Bertz CT molecular complexity index is 3290. The van der Waals surface area contributed by atoms with Gasteiger partial charge in [0.2, 0.25) is 0 Å². The van der Waals surface area contributed by atoms with Gasteiger partial charge in [0.1, 0.15) is 28.6 Å². The predicted molar refractivity (Wildman–Crippen MR) is 322 cm³/mol. The fraction of sp³-hybridized carbons (Fsp3) is 0.343. The number of rotatable bonds is 16. The van der Waals surface area contributed by atoms with Crippen molar-refractivity contribution in [2.24, 2.45) is 11.8 Å². The molecule has 4 heterocycles. The van der Waals surface area contributed by atoms with E-state index in [4.69, 9.17) is 9.47 Å². The SMILES string of the molecule is CC(C)(C)OC(=O)[C@@H](CC(=O)c1ccc(C(C)(C)C)s1)Cc1ccc(-c2ncc(-c3ccc(O)cc3F)cn2)cc1.Cc1ccc(-c2cnc(-c3ccc(C[C@H](CC(=O)c4ccc(C(C)(C)C)s4)C(=O)OC(C)(C)C)cc3)nc2)c(F)c1. The largest absolute Gasteiger partial charge is 0.508 e. The number of aromatic hydroxyl groups is 1. The number of phenolic OH excluding ortho intramolecular Hbond substituents is 1. The van der Waals surface area contributed by atoms with Crippen molar-refractivity contribution in [1.82, 2.24) is 19.9 Å². The van der Waals surface area contributed by atoms with E-state index in [1.165, 1.54) is 53.3 Å². The molecule has 0 saturated carbocycles. The first kappa shape index (κ1) is 62.0. The number of Topliss-reactive ketones (excluding diaryl/α,β-unsaturated/α-hetero) is 2. The van der Waals surface area contributed by atoms with Crippen LogP contribution in [0.2, 0.25) is 0 Å². The molecule has 0 amide bonds. The van der Waals surface area contributed by atoms with Crippen LogP contribution in [-0.4, -0.2) is 59.7 Å². The molecule has 0 aliphatic heterocycles. The van der Waals surface area contributed by atoms with Crippen LogP contribution in [0, 0.1) is 30.4 Å². The van der Waals surface area contributed by atoms with Gasteiger partial charge >= 0.3 is 11.9 Å². The van der Waals surface area contributed by atoms with Crippen molar-refractivity contribution in [3.05, 3.63) is 182 Å². The summed E-state index contributed by atoms with van der Waals surface area (Å²) in [5, 5.41) is 9.44. The van der Waals surface area contributed by atoms with Gasteiger partial charge in [-0.15, -0.1) is 22.7 Å². The van der Waals surface area contributed by atoms with Gasteiger partial charge in [0.05, 0.1) is 21.6 Å². The lowest BCUT2D eigenvalue weighted by atomic mass is 9.93. The van der Waals surface area contributed by atoms with Crippen molar-refractivity contribution in [3.63, 3.8) is 0 Å². The molecule has 8 rings (SSSR count). The first-order valence-corrected chi connectivity index (χ1v) is 28.8. The van der Waals surface area contributed by atoms with E-state index in [1.807, 2.05) is 127 Å². The lowest BCUT2D eigenvalue weighted by molar-refractivity contribution is -0.160.